The van der Waals surface area contributed by atoms with Gasteiger partial charge in [0, 0.05) is 23.2 Å². The molecular weight excluding hydrogens is 332 g/mol. The summed E-state index contributed by atoms with van der Waals surface area (Å²) in [6.45, 7) is 1.68. The van der Waals surface area contributed by atoms with Crippen LogP contribution in [0.1, 0.15) is 26.2 Å². The Hall–Kier alpha value is -1.79. The Kier molecular flexibility index (Phi) is 4.44. The number of amides is 2. The van der Waals surface area contributed by atoms with Crippen LogP contribution in [0.2, 0.25) is 5.02 Å². The van der Waals surface area contributed by atoms with Crippen LogP contribution < -0.4 is 15.4 Å². The van der Waals surface area contributed by atoms with E-state index in [4.69, 9.17) is 21.1 Å². The lowest BCUT2D eigenvalue weighted by Crippen LogP contribution is -2.84. The minimum atomic E-state index is -0.461. The van der Waals surface area contributed by atoms with Crippen LogP contribution in [-0.4, -0.2) is 42.7 Å². The van der Waals surface area contributed by atoms with Gasteiger partial charge in [-0.15, -0.1) is 0 Å². The number of carbonyl (C=O) groups is 2. The second-order valence-electron chi connectivity index (χ2n) is 6.75. The average Bonchev–Trinajstić information content (AvgIpc) is 2.50. The van der Waals surface area contributed by atoms with Crippen LogP contribution in [0, 0.1) is 0 Å². The zero-order valence-electron chi connectivity index (χ0n) is 13.7. The van der Waals surface area contributed by atoms with Gasteiger partial charge in [-0.1, -0.05) is 11.6 Å². The molecule has 1 atom stereocenters. The minimum absolute atomic E-state index is 0.0382. The molecule has 1 aromatic rings. The number of halogens is 1. The van der Waals surface area contributed by atoms with E-state index >= 15 is 0 Å². The zero-order valence-corrected chi connectivity index (χ0v) is 14.5. The van der Waals surface area contributed by atoms with Gasteiger partial charge in [0.25, 0.3) is 5.91 Å². The van der Waals surface area contributed by atoms with Crippen LogP contribution in [0.4, 0.5) is 0 Å². The van der Waals surface area contributed by atoms with Gasteiger partial charge < -0.3 is 20.1 Å². The summed E-state index contributed by atoms with van der Waals surface area (Å²) in [6, 6.07) is 6.86. The van der Waals surface area contributed by atoms with E-state index in [9.17, 15) is 9.59 Å². The summed E-state index contributed by atoms with van der Waals surface area (Å²) in [5.41, 5.74) is -0.363. The predicted molar refractivity (Wildman–Crippen MR) is 89.0 cm³/mol. The van der Waals surface area contributed by atoms with Crippen LogP contribution in [0.5, 0.6) is 5.75 Å². The van der Waals surface area contributed by atoms with Crippen molar-refractivity contribution in [3.8, 4) is 5.75 Å². The molecule has 3 fully saturated rings. The average molecular weight is 353 g/mol. The maximum atomic E-state index is 12.0. The first-order valence-corrected chi connectivity index (χ1v) is 8.27. The Balaban J connectivity index is 1.40. The third-order valence-electron chi connectivity index (χ3n) is 4.73. The largest absolute Gasteiger partial charge is 0.484 e. The summed E-state index contributed by atoms with van der Waals surface area (Å²) in [7, 11) is 1.51. The number of nitrogens with one attached hydrogen (secondary N) is 2. The van der Waals surface area contributed by atoms with Gasteiger partial charge in [-0.25, -0.2) is 0 Å². The quantitative estimate of drug-likeness (QED) is 0.782. The van der Waals surface area contributed by atoms with E-state index in [1.54, 1.807) is 31.2 Å². The van der Waals surface area contributed by atoms with Crippen LogP contribution in [-0.2, 0) is 14.3 Å². The number of hydrogen-bond acceptors (Lipinski definition) is 4. The number of methoxy groups -OCH3 is 1. The molecule has 7 heteroatoms. The van der Waals surface area contributed by atoms with Crippen LogP contribution >= 0.6 is 11.6 Å². The van der Waals surface area contributed by atoms with E-state index in [2.05, 4.69) is 10.6 Å². The highest BCUT2D eigenvalue weighted by Gasteiger charge is 2.69. The van der Waals surface area contributed by atoms with Crippen molar-refractivity contribution in [2.75, 3.05) is 13.7 Å². The summed E-state index contributed by atoms with van der Waals surface area (Å²) < 4.78 is 10.4. The molecule has 0 saturated heterocycles. The van der Waals surface area contributed by atoms with Crippen molar-refractivity contribution in [1.82, 2.24) is 10.6 Å². The zero-order chi connectivity index (χ0) is 17.4. The monoisotopic (exact) mass is 352 g/mol. The SMILES string of the molecule is COC(C)C(=O)NC12CC(NC(=O)COc3ccc(Cl)cc3)(C1)C2. The second kappa shape index (κ2) is 6.26. The fraction of sp³-hybridized carbons (Fsp3) is 0.529. The molecule has 1 unspecified atom stereocenters. The third kappa shape index (κ3) is 3.35. The Morgan fingerprint density at radius 2 is 1.75 bits per heavy atom. The molecule has 3 aliphatic carbocycles. The number of hydrogen-bond donors (Lipinski definition) is 2. The van der Waals surface area contributed by atoms with E-state index in [1.165, 1.54) is 7.11 Å². The maximum Gasteiger partial charge on any atom is 0.258 e. The van der Waals surface area contributed by atoms with Crippen molar-refractivity contribution in [3.63, 3.8) is 0 Å². The molecule has 0 aromatic heterocycles. The van der Waals surface area contributed by atoms with Crippen molar-refractivity contribution in [2.24, 2.45) is 0 Å². The minimum Gasteiger partial charge on any atom is -0.484 e. The van der Waals surface area contributed by atoms with Gasteiger partial charge >= 0.3 is 0 Å². The fourth-order valence-corrected chi connectivity index (χ4v) is 3.66. The summed E-state index contributed by atoms with van der Waals surface area (Å²) in [5, 5.41) is 6.64. The Morgan fingerprint density at radius 3 is 2.33 bits per heavy atom. The van der Waals surface area contributed by atoms with E-state index < -0.39 is 6.10 Å². The Labute approximate surface area is 145 Å². The Morgan fingerprint density at radius 1 is 1.17 bits per heavy atom. The summed E-state index contributed by atoms with van der Waals surface area (Å²) in [4.78, 5) is 23.9. The second-order valence-corrected chi connectivity index (χ2v) is 7.19. The molecule has 24 heavy (non-hydrogen) atoms. The standard InChI is InChI=1S/C17H21ClN2O4/c1-11(23-2)15(22)20-17-8-16(9-17,10-17)19-14(21)7-24-13-5-3-12(18)4-6-13/h3-6,11H,7-10H2,1-2H3,(H,19,21)(H,20,22). The molecule has 2 bridgehead atoms. The van der Waals surface area contributed by atoms with Crippen LogP contribution in [0.15, 0.2) is 24.3 Å². The molecule has 4 rings (SSSR count). The van der Waals surface area contributed by atoms with Crippen molar-refractivity contribution < 1.29 is 19.1 Å². The maximum absolute atomic E-state index is 12.0. The molecule has 6 nitrogen and oxygen atoms in total. The number of carbonyl (C=O) groups excluding carboxylic acids is 2. The molecule has 0 aliphatic heterocycles. The lowest BCUT2D eigenvalue weighted by molar-refractivity contribution is -0.155. The first-order chi connectivity index (χ1) is 11.4. The molecule has 0 heterocycles. The van der Waals surface area contributed by atoms with Gasteiger partial charge in [0.15, 0.2) is 6.61 Å². The van der Waals surface area contributed by atoms with Crippen molar-refractivity contribution in [1.29, 1.82) is 0 Å². The number of rotatable bonds is 7. The first kappa shape index (κ1) is 17.0. The van der Waals surface area contributed by atoms with E-state index in [0.29, 0.717) is 10.8 Å². The van der Waals surface area contributed by atoms with E-state index in [0.717, 1.165) is 19.3 Å². The summed E-state index contributed by atoms with van der Waals surface area (Å²) in [6.07, 6.45) is 1.82. The molecule has 3 aliphatic rings. The topological polar surface area (TPSA) is 76.7 Å². The lowest BCUT2D eigenvalue weighted by Gasteiger charge is -2.70. The highest BCUT2D eigenvalue weighted by molar-refractivity contribution is 6.30. The lowest BCUT2D eigenvalue weighted by atomic mass is 9.44. The molecule has 0 spiro atoms. The van der Waals surface area contributed by atoms with Crippen molar-refractivity contribution in [3.05, 3.63) is 29.3 Å². The summed E-state index contributed by atoms with van der Waals surface area (Å²) >= 11 is 5.80. The van der Waals surface area contributed by atoms with Gasteiger partial charge in [-0.05, 0) is 50.5 Å². The normalized spacial score (nSPS) is 28.1. The van der Waals surface area contributed by atoms with Gasteiger partial charge in [0.1, 0.15) is 11.9 Å². The van der Waals surface area contributed by atoms with Gasteiger partial charge in [0.2, 0.25) is 5.91 Å². The number of benzene rings is 1. The molecule has 0 radical (unpaired) electrons. The molecule has 2 N–H and O–H groups in total. The molecule has 130 valence electrons. The van der Waals surface area contributed by atoms with Crippen molar-refractivity contribution in [2.45, 2.75) is 43.4 Å². The first-order valence-electron chi connectivity index (χ1n) is 7.90. The highest BCUT2D eigenvalue weighted by Crippen LogP contribution is 2.60. The third-order valence-corrected chi connectivity index (χ3v) is 4.98. The smallest absolute Gasteiger partial charge is 0.258 e. The van der Waals surface area contributed by atoms with Gasteiger partial charge in [0.05, 0.1) is 0 Å². The van der Waals surface area contributed by atoms with Crippen molar-refractivity contribution >= 4 is 23.4 Å². The fourth-order valence-electron chi connectivity index (χ4n) is 3.53. The van der Waals surface area contributed by atoms with Crippen LogP contribution in [0.3, 0.4) is 0 Å². The highest BCUT2D eigenvalue weighted by atomic mass is 35.5. The van der Waals surface area contributed by atoms with Crippen LogP contribution in [0.25, 0.3) is 0 Å². The van der Waals surface area contributed by atoms with E-state index in [1.807, 2.05) is 0 Å². The molecule has 2 amide bonds. The molecule has 1 aromatic carbocycles. The molecule has 3 saturated carbocycles. The predicted octanol–water partition coefficient (Wildman–Crippen LogP) is 1.66. The van der Waals surface area contributed by atoms with Gasteiger partial charge in [-0.2, -0.15) is 0 Å². The summed E-state index contributed by atoms with van der Waals surface area (Å²) in [5.74, 6) is 0.336. The Bertz CT molecular complexity index is 627. The number of ether oxygens (including phenoxy) is 2. The van der Waals surface area contributed by atoms with E-state index in [-0.39, 0.29) is 29.5 Å². The molecular formula is C17H21ClN2O4. The van der Waals surface area contributed by atoms with Gasteiger partial charge in [-0.3, -0.25) is 9.59 Å².